The second-order valence-corrected chi connectivity index (χ2v) is 7.45. The molecular weight excluding hydrogens is 394 g/mol. The van der Waals surface area contributed by atoms with Crippen LogP contribution < -0.4 is 20.1 Å². The number of rotatable bonds is 7. The minimum atomic E-state index is 0.258. The summed E-state index contributed by atoms with van der Waals surface area (Å²) in [5.74, 6) is 3.06. The van der Waals surface area contributed by atoms with Crippen molar-refractivity contribution in [3.05, 3.63) is 41.9 Å². The quantitative estimate of drug-likeness (QED) is 0.534. The normalized spacial score (nSPS) is 15.8. The first kappa shape index (κ1) is 20.6. The number of piperidine rings is 1. The molecule has 3 N–H and O–H groups in total. The van der Waals surface area contributed by atoms with Crippen LogP contribution in [0.2, 0.25) is 0 Å². The molecule has 0 bridgehead atoms. The lowest BCUT2D eigenvalue weighted by molar-refractivity contribution is 0.218. The van der Waals surface area contributed by atoms with Gasteiger partial charge in [-0.15, -0.1) is 0 Å². The molecule has 31 heavy (non-hydrogen) atoms. The molecule has 9 heteroatoms. The zero-order valence-corrected chi connectivity index (χ0v) is 17.6. The van der Waals surface area contributed by atoms with Crippen molar-refractivity contribution in [1.82, 2.24) is 25.5 Å². The summed E-state index contributed by atoms with van der Waals surface area (Å²) in [6.45, 7) is 4.65. The molecule has 3 heterocycles. The van der Waals surface area contributed by atoms with E-state index in [-0.39, 0.29) is 5.69 Å². The van der Waals surface area contributed by atoms with Gasteiger partial charge in [-0.05, 0) is 38.4 Å². The fourth-order valence-electron chi connectivity index (χ4n) is 3.66. The standard InChI is InChI=1S/C22H25N7O2/c1-14-21(28-29-22(14)27-19-12-25-16(9-23)11-26-19)20-17(30-2)6-3-7-18(20)31-13-15-5-4-8-24-10-15/h3,6-7,11-12,15,24H,4-5,8,10,13H2,1-2H3,(H2,26,27,28,29). The third-order valence-corrected chi connectivity index (χ3v) is 5.35. The molecule has 160 valence electrons. The number of hydrogen-bond donors (Lipinski definition) is 3. The van der Waals surface area contributed by atoms with Gasteiger partial charge in [-0.25, -0.2) is 9.97 Å². The van der Waals surface area contributed by atoms with Crippen molar-refractivity contribution in [2.75, 3.05) is 32.1 Å². The fraction of sp³-hybridized carbons (Fsp3) is 0.364. The number of benzene rings is 1. The second-order valence-electron chi connectivity index (χ2n) is 7.45. The van der Waals surface area contributed by atoms with E-state index in [1.165, 1.54) is 18.8 Å². The predicted molar refractivity (Wildman–Crippen MR) is 116 cm³/mol. The molecule has 0 radical (unpaired) electrons. The van der Waals surface area contributed by atoms with Gasteiger partial charge >= 0.3 is 0 Å². The molecule has 1 fully saturated rings. The molecule has 1 aromatic carbocycles. The number of ether oxygens (including phenoxy) is 2. The van der Waals surface area contributed by atoms with E-state index >= 15 is 0 Å². The first-order chi connectivity index (χ1) is 15.2. The number of anilines is 2. The van der Waals surface area contributed by atoms with E-state index in [4.69, 9.17) is 14.7 Å². The van der Waals surface area contributed by atoms with E-state index in [0.717, 1.165) is 42.1 Å². The van der Waals surface area contributed by atoms with Gasteiger partial charge in [-0.2, -0.15) is 10.4 Å². The average Bonchev–Trinajstić information content (AvgIpc) is 3.18. The largest absolute Gasteiger partial charge is 0.496 e. The van der Waals surface area contributed by atoms with Crippen LogP contribution in [0.25, 0.3) is 11.3 Å². The van der Waals surface area contributed by atoms with E-state index < -0.39 is 0 Å². The van der Waals surface area contributed by atoms with E-state index in [9.17, 15) is 0 Å². The zero-order chi connectivity index (χ0) is 21.6. The van der Waals surface area contributed by atoms with Gasteiger partial charge in [0.1, 0.15) is 23.4 Å². The number of H-pyrrole nitrogens is 1. The molecule has 0 aliphatic carbocycles. The summed E-state index contributed by atoms with van der Waals surface area (Å²) in [6, 6.07) is 7.74. The second kappa shape index (κ2) is 9.45. The number of aromatic nitrogens is 4. The summed E-state index contributed by atoms with van der Waals surface area (Å²) in [5, 5.41) is 22.9. The van der Waals surface area contributed by atoms with Gasteiger partial charge in [0.15, 0.2) is 11.5 Å². The molecule has 1 aliphatic heterocycles. The number of aromatic amines is 1. The Labute approximate surface area is 180 Å². The molecule has 0 saturated carbocycles. The molecule has 1 aliphatic rings. The Morgan fingerprint density at radius 2 is 2.13 bits per heavy atom. The molecule has 4 rings (SSSR count). The maximum Gasteiger partial charge on any atom is 0.158 e. The maximum absolute atomic E-state index is 8.88. The monoisotopic (exact) mass is 419 g/mol. The predicted octanol–water partition coefficient (Wildman–Crippen LogP) is 3.18. The van der Waals surface area contributed by atoms with Crippen LogP contribution in [-0.4, -0.2) is 47.0 Å². The lowest BCUT2D eigenvalue weighted by Gasteiger charge is -2.23. The zero-order valence-electron chi connectivity index (χ0n) is 17.6. The van der Waals surface area contributed by atoms with E-state index in [2.05, 4.69) is 30.8 Å². The number of nitriles is 1. The molecule has 9 nitrogen and oxygen atoms in total. The van der Waals surface area contributed by atoms with Crippen molar-refractivity contribution in [3.63, 3.8) is 0 Å². The third-order valence-electron chi connectivity index (χ3n) is 5.35. The number of hydrogen-bond acceptors (Lipinski definition) is 8. The third kappa shape index (κ3) is 4.59. The number of nitrogens with one attached hydrogen (secondary N) is 3. The lowest BCUT2D eigenvalue weighted by atomic mass is 10.0. The highest BCUT2D eigenvalue weighted by molar-refractivity contribution is 5.79. The van der Waals surface area contributed by atoms with Crippen molar-refractivity contribution < 1.29 is 9.47 Å². The van der Waals surface area contributed by atoms with Gasteiger partial charge in [0.05, 0.1) is 37.4 Å². The van der Waals surface area contributed by atoms with Crippen molar-refractivity contribution in [3.8, 4) is 28.8 Å². The highest BCUT2D eigenvalue weighted by Crippen LogP contribution is 2.40. The first-order valence-electron chi connectivity index (χ1n) is 10.2. The van der Waals surface area contributed by atoms with Gasteiger partial charge in [0.2, 0.25) is 0 Å². The van der Waals surface area contributed by atoms with E-state index in [1.54, 1.807) is 7.11 Å². The molecule has 0 spiro atoms. The smallest absolute Gasteiger partial charge is 0.158 e. The van der Waals surface area contributed by atoms with Crippen molar-refractivity contribution >= 4 is 11.6 Å². The average molecular weight is 419 g/mol. The Kier molecular flexibility index (Phi) is 6.29. The number of nitrogens with zero attached hydrogens (tertiary/aromatic N) is 4. The molecule has 1 unspecified atom stereocenters. The SMILES string of the molecule is COc1cccc(OCC2CCCNC2)c1-c1[nH]nc(Nc2cnc(C#N)cn2)c1C. The Balaban J connectivity index is 1.60. The van der Waals surface area contributed by atoms with Gasteiger partial charge < -0.3 is 20.1 Å². The Hall–Kier alpha value is -3.64. The van der Waals surface area contributed by atoms with Crippen molar-refractivity contribution in [1.29, 1.82) is 5.26 Å². The van der Waals surface area contributed by atoms with Crippen LogP contribution in [0.1, 0.15) is 24.1 Å². The fourth-order valence-corrected chi connectivity index (χ4v) is 3.66. The van der Waals surface area contributed by atoms with Crippen molar-refractivity contribution in [2.24, 2.45) is 5.92 Å². The Morgan fingerprint density at radius 1 is 1.26 bits per heavy atom. The summed E-state index contributed by atoms with van der Waals surface area (Å²) < 4.78 is 11.9. The summed E-state index contributed by atoms with van der Waals surface area (Å²) >= 11 is 0. The van der Waals surface area contributed by atoms with Crippen LogP contribution >= 0.6 is 0 Å². The van der Waals surface area contributed by atoms with Crippen molar-refractivity contribution in [2.45, 2.75) is 19.8 Å². The molecule has 2 aromatic heterocycles. The minimum absolute atomic E-state index is 0.258. The van der Waals surface area contributed by atoms with Crippen LogP contribution in [0.4, 0.5) is 11.6 Å². The van der Waals surface area contributed by atoms with Crippen LogP contribution in [0, 0.1) is 24.2 Å². The first-order valence-corrected chi connectivity index (χ1v) is 10.2. The maximum atomic E-state index is 8.88. The summed E-state index contributed by atoms with van der Waals surface area (Å²) in [4.78, 5) is 8.22. The Bertz CT molecular complexity index is 1070. The molecule has 3 aromatic rings. The van der Waals surface area contributed by atoms with Gasteiger partial charge in [-0.1, -0.05) is 6.07 Å². The highest BCUT2D eigenvalue weighted by Gasteiger charge is 2.21. The van der Waals surface area contributed by atoms with Crippen LogP contribution in [-0.2, 0) is 0 Å². The lowest BCUT2D eigenvalue weighted by Crippen LogP contribution is -2.33. The highest BCUT2D eigenvalue weighted by atomic mass is 16.5. The van der Waals surface area contributed by atoms with Crippen LogP contribution in [0.3, 0.4) is 0 Å². The van der Waals surface area contributed by atoms with Gasteiger partial charge in [0, 0.05) is 18.0 Å². The summed E-state index contributed by atoms with van der Waals surface area (Å²) in [5.41, 5.74) is 2.78. The van der Waals surface area contributed by atoms with Crippen LogP contribution in [0.5, 0.6) is 11.5 Å². The van der Waals surface area contributed by atoms with E-state index in [1.807, 2.05) is 31.2 Å². The summed E-state index contributed by atoms with van der Waals surface area (Å²) in [6.07, 6.45) is 5.25. The van der Waals surface area contributed by atoms with Gasteiger partial charge in [0.25, 0.3) is 0 Å². The molecule has 0 amide bonds. The van der Waals surface area contributed by atoms with Gasteiger partial charge in [-0.3, -0.25) is 5.10 Å². The minimum Gasteiger partial charge on any atom is -0.496 e. The number of methoxy groups -OCH3 is 1. The van der Waals surface area contributed by atoms with Crippen LogP contribution in [0.15, 0.2) is 30.6 Å². The molecule has 1 saturated heterocycles. The summed E-state index contributed by atoms with van der Waals surface area (Å²) in [7, 11) is 1.64. The van der Waals surface area contributed by atoms with E-state index in [0.29, 0.717) is 29.9 Å². The Morgan fingerprint density at radius 3 is 2.84 bits per heavy atom. The topological polar surface area (TPSA) is 121 Å². The molecular formula is C22H25N7O2. The molecule has 1 atom stereocenters.